The van der Waals surface area contributed by atoms with Crippen molar-refractivity contribution in [2.45, 2.75) is 36.7 Å². The average Bonchev–Trinajstić information content (AvgIpc) is 2.79. The van der Waals surface area contributed by atoms with Gasteiger partial charge in [-0.2, -0.15) is 0 Å². The van der Waals surface area contributed by atoms with Crippen molar-refractivity contribution in [3.05, 3.63) is 29.8 Å². The van der Waals surface area contributed by atoms with Crippen LogP contribution in [0.25, 0.3) is 0 Å². The minimum absolute atomic E-state index is 0.0639. The maximum Gasteiger partial charge on any atom is 0.317 e. The molecule has 1 saturated heterocycles. The van der Waals surface area contributed by atoms with Crippen molar-refractivity contribution in [3.8, 4) is 0 Å². The molecule has 2 amide bonds. The van der Waals surface area contributed by atoms with Gasteiger partial charge in [-0.25, -0.2) is 4.79 Å². The molecule has 0 aliphatic carbocycles. The highest BCUT2D eigenvalue weighted by Gasteiger charge is 2.21. The Hall–Kier alpha value is -1.20. The zero-order valence-electron chi connectivity index (χ0n) is 13.8. The van der Waals surface area contributed by atoms with Gasteiger partial charge in [-0.15, -0.1) is 11.8 Å². The van der Waals surface area contributed by atoms with Gasteiger partial charge in [-0.1, -0.05) is 12.1 Å². The first kappa shape index (κ1) is 17.2. The summed E-state index contributed by atoms with van der Waals surface area (Å²) in [5.74, 6) is 0. The van der Waals surface area contributed by atoms with Crippen LogP contribution < -0.4 is 5.32 Å². The number of thioether (sulfide) groups is 1. The zero-order chi connectivity index (χ0) is 15.9. The summed E-state index contributed by atoms with van der Waals surface area (Å²) in [5, 5.41) is 3.06. The minimum atomic E-state index is 0.0639. The van der Waals surface area contributed by atoms with E-state index in [1.54, 1.807) is 11.8 Å². The Labute approximate surface area is 138 Å². The molecule has 22 heavy (non-hydrogen) atoms. The highest BCUT2D eigenvalue weighted by atomic mass is 32.2. The second-order valence-corrected chi connectivity index (χ2v) is 6.93. The standard InChI is InChI=1S/C17H27N3OS/c1-19(2)15-7-5-10-20(11-9-15)17(21)18-13-14-6-4-8-16(12-14)22-3/h4,6,8,12,15H,5,7,9-11,13H2,1-3H3,(H,18,21). The number of carbonyl (C=O) groups excluding carboxylic acids is 1. The number of urea groups is 1. The third-order valence-corrected chi connectivity index (χ3v) is 5.02. The van der Waals surface area contributed by atoms with Crippen molar-refractivity contribution in [1.29, 1.82) is 0 Å². The molecule has 5 heteroatoms. The van der Waals surface area contributed by atoms with Crippen molar-refractivity contribution < 1.29 is 4.79 Å². The van der Waals surface area contributed by atoms with E-state index in [0.717, 1.165) is 31.5 Å². The molecule has 4 nitrogen and oxygen atoms in total. The van der Waals surface area contributed by atoms with Crippen LogP contribution in [0, 0.1) is 0 Å². The number of rotatable bonds is 4. The van der Waals surface area contributed by atoms with Crippen LogP contribution in [0.1, 0.15) is 24.8 Å². The number of nitrogens with zero attached hydrogens (tertiary/aromatic N) is 2. The Bertz CT molecular complexity index is 493. The lowest BCUT2D eigenvalue weighted by atomic mass is 10.1. The predicted molar refractivity (Wildman–Crippen MR) is 93.4 cm³/mol. The maximum absolute atomic E-state index is 12.4. The smallest absolute Gasteiger partial charge is 0.317 e. The molecular weight excluding hydrogens is 294 g/mol. The number of nitrogens with one attached hydrogen (secondary N) is 1. The van der Waals surface area contributed by atoms with Crippen molar-refractivity contribution in [3.63, 3.8) is 0 Å². The van der Waals surface area contributed by atoms with Crippen LogP contribution in [-0.2, 0) is 6.54 Å². The van der Waals surface area contributed by atoms with E-state index in [9.17, 15) is 4.79 Å². The molecule has 1 N–H and O–H groups in total. The van der Waals surface area contributed by atoms with Gasteiger partial charge in [0.25, 0.3) is 0 Å². The summed E-state index contributed by atoms with van der Waals surface area (Å²) < 4.78 is 0. The molecule has 0 radical (unpaired) electrons. The van der Waals surface area contributed by atoms with E-state index in [1.807, 2.05) is 11.0 Å². The summed E-state index contributed by atoms with van der Waals surface area (Å²) in [6.07, 6.45) is 5.38. The molecule has 1 heterocycles. The topological polar surface area (TPSA) is 35.6 Å². The van der Waals surface area contributed by atoms with Gasteiger partial charge in [0.1, 0.15) is 0 Å². The minimum Gasteiger partial charge on any atom is -0.334 e. The predicted octanol–water partition coefficient (Wildman–Crippen LogP) is 3.03. The summed E-state index contributed by atoms with van der Waals surface area (Å²) in [5.41, 5.74) is 1.15. The second kappa shape index (κ2) is 8.44. The number of hydrogen-bond donors (Lipinski definition) is 1. The molecule has 1 atom stereocenters. The Morgan fingerprint density at radius 3 is 2.91 bits per heavy atom. The molecule has 0 bridgehead atoms. The number of hydrogen-bond acceptors (Lipinski definition) is 3. The van der Waals surface area contributed by atoms with Crippen LogP contribution in [0.5, 0.6) is 0 Å². The maximum atomic E-state index is 12.4. The molecule has 1 aliphatic rings. The lowest BCUT2D eigenvalue weighted by Crippen LogP contribution is -2.40. The molecule has 1 fully saturated rings. The second-order valence-electron chi connectivity index (χ2n) is 6.05. The van der Waals surface area contributed by atoms with Gasteiger partial charge >= 0.3 is 6.03 Å². The third-order valence-electron chi connectivity index (χ3n) is 4.29. The van der Waals surface area contributed by atoms with E-state index in [1.165, 1.54) is 11.3 Å². The van der Waals surface area contributed by atoms with E-state index < -0.39 is 0 Å². The summed E-state index contributed by atoms with van der Waals surface area (Å²) in [4.78, 5) is 17.8. The molecule has 0 saturated carbocycles. The molecule has 1 unspecified atom stereocenters. The van der Waals surface area contributed by atoms with Crippen LogP contribution in [0.3, 0.4) is 0 Å². The Balaban J connectivity index is 1.84. The molecular formula is C17H27N3OS. The van der Waals surface area contributed by atoms with Gasteiger partial charge in [0.05, 0.1) is 0 Å². The molecule has 1 aromatic carbocycles. The largest absolute Gasteiger partial charge is 0.334 e. The van der Waals surface area contributed by atoms with E-state index in [0.29, 0.717) is 12.6 Å². The number of amides is 2. The average molecular weight is 321 g/mol. The van der Waals surface area contributed by atoms with Gasteiger partial charge in [-0.3, -0.25) is 0 Å². The van der Waals surface area contributed by atoms with E-state index in [-0.39, 0.29) is 6.03 Å². The van der Waals surface area contributed by atoms with E-state index in [2.05, 4.69) is 48.8 Å². The summed E-state index contributed by atoms with van der Waals surface area (Å²) >= 11 is 1.72. The van der Waals surface area contributed by atoms with Gasteiger partial charge in [-0.05, 0) is 57.3 Å². The van der Waals surface area contributed by atoms with Gasteiger partial charge in [0, 0.05) is 30.6 Å². The fraction of sp³-hybridized carbons (Fsp3) is 0.588. The van der Waals surface area contributed by atoms with Crippen LogP contribution in [0.2, 0.25) is 0 Å². The van der Waals surface area contributed by atoms with Gasteiger partial charge in [0.15, 0.2) is 0 Å². The third kappa shape index (κ3) is 4.92. The highest BCUT2D eigenvalue weighted by Crippen LogP contribution is 2.17. The first-order valence-electron chi connectivity index (χ1n) is 7.92. The first-order valence-corrected chi connectivity index (χ1v) is 9.14. The molecule has 2 rings (SSSR count). The zero-order valence-corrected chi connectivity index (χ0v) is 14.7. The Morgan fingerprint density at radius 1 is 1.36 bits per heavy atom. The van der Waals surface area contributed by atoms with Crippen molar-refractivity contribution in [1.82, 2.24) is 15.1 Å². The first-order chi connectivity index (χ1) is 10.6. The fourth-order valence-electron chi connectivity index (χ4n) is 2.87. The van der Waals surface area contributed by atoms with Crippen LogP contribution in [0.4, 0.5) is 4.79 Å². The quantitative estimate of drug-likeness (QED) is 0.866. The normalized spacial score (nSPS) is 19.1. The molecule has 0 spiro atoms. The molecule has 0 aromatic heterocycles. The Morgan fingerprint density at radius 2 is 2.18 bits per heavy atom. The summed E-state index contributed by atoms with van der Waals surface area (Å²) in [6.45, 7) is 2.31. The molecule has 1 aromatic rings. The van der Waals surface area contributed by atoms with Crippen molar-refractivity contribution in [2.75, 3.05) is 33.4 Å². The summed E-state index contributed by atoms with van der Waals surface area (Å²) in [6, 6.07) is 8.98. The number of carbonyl (C=O) groups is 1. The number of benzene rings is 1. The van der Waals surface area contributed by atoms with E-state index >= 15 is 0 Å². The fourth-order valence-corrected chi connectivity index (χ4v) is 3.35. The van der Waals surface area contributed by atoms with E-state index in [4.69, 9.17) is 0 Å². The SMILES string of the molecule is CSc1cccc(CNC(=O)N2CCCC(N(C)C)CC2)c1. The highest BCUT2D eigenvalue weighted by molar-refractivity contribution is 7.98. The van der Waals surface area contributed by atoms with Crippen molar-refractivity contribution >= 4 is 17.8 Å². The van der Waals surface area contributed by atoms with Crippen molar-refractivity contribution in [2.24, 2.45) is 0 Å². The monoisotopic (exact) mass is 321 g/mol. The molecule has 1 aliphatic heterocycles. The Kier molecular flexibility index (Phi) is 6.58. The number of likely N-dealkylation sites (tertiary alicyclic amines) is 1. The lowest BCUT2D eigenvalue weighted by molar-refractivity contribution is 0.197. The lowest BCUT2D eigenvalue weighted by Gasteiger charge is -2.23. The van der Waals surface area contributed by atoms with Gasteiger partial charge in [0.2, 0.25) is 0 Å². The van der Waals surface area contributed by atoms with Crippen LogP contribution >= 0.6 is 11.8 Å². The van der Waals surface area contributed by atoms with Gasteiger partial charge < -0.3 is 15.1 Å². The van der Waals surface area contributed by atoms with Crippen LogP contribution in [-0.4, -0.2) is 55.3 Å². The molecule has 122 valence electrons. The summed E-state index contributed by atoms with van der Waals surface area (Å²) in [7, 11) is 4.25. The van der Waals surface area contributed by atoms with Crippen LogP contribution in [0.15, 0.2) is 29.2 Å².